The van der Waals surface area contributed by atoms with Gasteiger partial charge in [0.1, 0.15) is 5.75 Å². The van der Waals surface area contributed by atoms with Crippen LogP contribution in [0.5, 0.6) is 5.75 Å². The molecule has 0 saturated heterocycles. The second-order valence-electron chi connectivity index (χ2n) is 4.53. The Bertz CT molecular complexity index is 615. The Hall–Kier alpha value is -1.98. The number of para-hydroxylation sites is 2. The molecular weight excluding hydrogens is 300 g/mol. The van der Waals surface area contributed by atoms with Crippen LogP contribution in [-0.2, 0) is 0 Å². The first-order valence-corrected chi connectivity index (χ1v) is 7.24. The molecular formula is C16H16N2OS2. The van der Waals surface area contributed by atoms with Crippen LogP contribution in [-0.4, -0.2) is 29.3 Å². The van der Waals surface area contributed by atoms with Crippen molar-refractivity contribution in [1.82, 2.24) is 4.90 Å². The molecule has 2 aromatic carbocycles. The van der Waals surface area contributed by atoms with Crippen LogP contribution in [0.1, 0.15) is 0 Å². The van der Waals surface area contributed by atoms with E-state index in [1.165, 1.54) is 0 Å². The highest BCUT2D eigenvalue weighted by molar-refractivity contribution is 7.82. The van der Waals surface area contributed by atoms with Crippen molar-refractivity contribution in [2.75, 3.05) is 19.0 Å². The molecule has 108 valence electrons. The van der Waals surface area contributed by atoms with Crippen LogP contribution in [0.4, 0.5) is 5.69 Å². The van der Waals surface area contributed by atoms with Crippen molar-refractivity contribution < 1.29 is 4.74 Å². The Labute approximate surface area is 135 Å². The molecule has 0 saturated carbocycles. The van der Waals surface area contributed by atoms with Gasteiger partial charge in [0.15, 0.2) is 5.11 Å². The Morgan fingerprint density at radius 1 is 0.857 bits per heavy atom. The van der Waals surface area contributed by atoms with Crippen LogP contribution < -0.4 is 9.64 Å². The highest BCUT2D eigenvalue weighted by atomic mass is 32.1. The predicted molar refractivity (Wildman–Crippen MR) is 94.9 cm³/mol. The summed E-state index contributed by atoms with van der Waals surface area (Å²) in [6.45, 7) is 0. The normalized spacial score (nSPS) is 9.81. The Kier molecular flexibility index (Phi) is 5.25. The molecule has 0 atom stereocenters. The molecule has 3 nitrogen and oxygen atoms in total. The van der Waals surface area contributed by atoms with E-state index in [4.69, 9.17) is 29.2 Å². The van der Waals surface area contributed by atoms with Crippen molar-refractivity contribution in [3.8, 4) is 5.75 Å². The Morgan fingerprint density at radius 3 is 1.90 bits per heavy atom. The predicted octanol–water partition coefficient (Wildman–Crippen LogP) is 3.70. The second kappa shape index (κ2) is 7.15. The lowest BCUT2D eigenvalue weighted by Gasteiger charge is -2.28. The van der Waals surface area contributed by atoms with Crippen LogP contribution in [0.15, 0.2) is 60.7 Å². The maximum absolute atomic E-state index is 5.75. The highest BCUT2D eigenvalue weighted by Gasteiger charge is 2.20. The zero-order valence-electron chi connectivity index (χ0n) is 11.9. The van der Waals surface area contributed by atoms with E-state index >= 15 is 0 Å². The molecule has 5 heteroatoms. The SMILES string of the molecule is CN(C)C(=S)N(C(=S)Oc1ccccc1)c1ccccc1. The maximum atomic E-state index is 5.75. The molecule has 0 unspecified atom stereocenters. The van der Waals surface area contributed by atoms with Gasteiger partial charge in [0.2, 0.25) is 0 Å². The molecule has 2 rings (SSSR count). The number of hydrogen-bond acceptors (Lipinski definition) is 3. The molecule has 0 aliphatic carbocycles. The molecule has 0 aliphatic rings. The van der Waals surface area contributed by atoms with Crippen molar-refractivity contribution in [3.63, 3.8) is 0 Å². The number of ether oxygens (including phenoxy) is 1. The van der Waals surface area contributed by atoms with Gasteiger partial charge in [-0.15, -0.1) is 0 Å². The minimum absolute atomic E-state index is 0.297. The maximum Gasteiger partial charge on any atom is 0.275 e. The fourth-order valence-corrected chi connectivity index (χ4v) is 2.24. The van der Waals surface area contributed by atoms with E-state index in [2.05, 4.69) is 0 Å². The molecule has 2 aromatic rings. The zero-order valence-corrected chi connectivity index (χ0v) is 13.5. The minimum Gasteiger partial charge on any atom is -0.431 e. The van der Waals surface area contributed by atoms with Crippen molar-refractivity contribution in [2.24, 2.45) is 0 Å². The third kappa shape index (κ3) is 4.00. The van der Waals surface area contributed by atoms with Crippen molar-refractivity contribution in [3.05, 3.63) is 60.7 Å². The van der Waals surface area contributed by atoms with Crippen LogP contribution in [0.25, 0.3) is 0 Å². The van der Waals surface area contributed by atoms with Crippen molar-refractivity contribution in [1.29, 1.82) is 0 Å². The molecule has 0 spiro atoms. The molecule has 0 radical (unpaired) electrons. The van der Waals surface area contributed by atoms with Gasteiger partial charge in [-0.1, -0.05) is 36.4 Å². The summed E-state index contributed by atoms with van der Waals surface area (Å²) < 4.78 is 5.75. The van der Waals surface area contributed by atoms with Crippen LogP contribution >= 0.6 is 24.4 Å². The lowest BCUT2D eigenvalue weighted by molar-refractivity contribution is 0.549. The lowest BCUT2D eigenvalue weighted by atomic mass is 10.3. The van der Waals surface area contributed by atoms with Crippen LogP contribution in [0.3, 0.4) is 0 Å². The number of anilines is 1. The van der Waals surface area contributed by atoms with Gasteiger partial charge in [-0.05, 0) is 48.7 Å². The first-order chi connectivity index (χ1) is 10.1. The van der Waals surface area contributed by atoms with Gasteiger partial charge >= 0.3 is 0 Å². The van der Waals surface area contributed by atoms with E-state index in [1.807, 2.05) is 79.7 Å². The van der Waals surface area contributed by atoms with Gasteiger partial charge < -0.3 is 9.64 Å². The third-order valence-corrected chi connectivity index (χ3v) is 3.53. The van der Waals surface area contributed by atoms with Crippen LogP contribution in [0, 0.1) is 0 Å². The summed E-state index contributed by atoms with van der Waals surface area (Å²) in [5, 5.41) is 0.869. The number of rotatable bonds is 2. The van der Waals surface area contributed by atoms with Crippen molar-refractivity contribution in [2.45, 2.75) is 0 Å². The van der Waals surface area contributed by atoms with Crippen LogP contribution in [0.2, 0.25) is 0 Å². The van der Waals surface area contributed by atoms with Gasteiger partial charge in [0, 0.05) is 14.1 Å². The second-order valence-corrected chi connectivity index (χ2v) is 5.24. The minimum atomic E-state index is 0.297. The molecule has 0 heterocycles. The third-order valence-electron chi connectivity index (χ3n) is 2.72. The monoisotopic (exact) mass is 316 g/mol. The molecule has 0 aromatic heterocycles. The summed E-state index contributed by atoms with van der Waals surface area (Å²) in [5.41, 5.74) is 0.872. The van der Waals surface area contributed by atoms with Gasteiger partial charge in [0.05, 0.1) is 5.69 Å². The molecule has 0 fully saturated rings. The standard InChI is InChI=1S/C16H16N2OS2/c1-17(2)15(20)18(13-9-5-3-6-10-13)16(21)19-14-11-7-4-8-12-14/h3-12H,1-2H3. The number of benzene rings is 2. The summed E-state index contributed by atoms with van der Waals surface area (Å²) in [6, 6.07) is 19.1. The fourth-order valence-electron chi connectivity index (χ4n) is 1.71. The van der Waals surface area contributed by atoms with E-state index in [1.54, 1.807) is 4.90 Å². The molecule has 0 N–H and O–H groups in total. The molecule has 0 amide bonds. The first-order valence-electron chi connectivity index (χ1n) is 6.43. The van der Waals surface area contributed by atoms with E-state index in [0.29, 0.717) is 16.0 Å². The van der Waals surface area contributed by atoms with E-state index in [0.717, 1.165) is 5.69 Å². The number of nitrogens with zero attached hydrogens (tertiary/aromatic N) is 2. The van der Waals surface area contributed by atoms with Gasteiger partial charge in [0.25, 0.3) is 5.17 Å². The summed E-state index contributed by atoms with van der Waals surface area (Å²) in [5.74, 6) is 0.685. The van der Waals surface area contributed by atoms with Gasteiger partial charge in [-0.25, -0.2) is 4.90 Å². The zero-order chi connectivity index (χ0) is 15.2. The van der Waals surface area contributed by atoms with Crippen molar-refractivity contribution >= 4 is 40.4 Å². The van der Waals surface area contributed by atoms with Gasteiger partial charge in [-0.3, -0.25) is 0 Å². The molecule has 0 aliphatic heterocycles. The summed E-state index contributed by atoms with van der Waals surface area (Å²) in [4.78, 5) is 3.56. The fraction of sp³-hybridized carbons (Fsp3) is 0.125. The lowest BCUT2D eigenvalue weighted by Crippen LogP contribution is -2.44. The van der Waals surface area contributed by atoms with E-state index < -0.39 is 0 Å². The first kappa shape index (κ1) is 15.4. The Morgan fingerprint density at radius 2 is 1.38 bits per heavy atom. The highest BCUT2D eigenvalue weighted by Crippen LogP contribution is 2.18. The average molecular weight is 316 g/mol. The average Bonchev–Trinajstić information content (AvgIpc) is 2.49. The van der Waals surface area contributed by atoms with E-state index in [9.17, 15) is 0 Å². The molecule has 0 bridgehead atoms. The van der Waals surface area contributed by atoms with Gasteiger partial charge in [-0.2, -0.15) is 0 Å². The summed E-state index contributed by atoms with van der Waals surface area (Å²) in [7, 11) is 3.76. The number of thiocarbonyl (C=S) groups is 2. The Balaban J connectivity index is 2.27. The topological polar surface area (TPSA) is 15.7 Å². The molecule has 21 heavy (non-hydrogen) atoms. The smallest absolute Gasteiger partial charge is 0.275 e. The largest absolute Gasteiger partial charge is 0.431 e. The summed E-state index contributed by atoms with van der Waals surface area (Å²) in [6.07, 6.45) is 0. The summed E-state index contributed by atoms with van der Waals surface area (Å²) >= 11 is 10.9. The van der Waals surface area contributed by atoms with E-state index in [-0.39, 0.29) is 0 Å². The quantitative estimate of drug-likeness (QED) is 0.783. The number of hydrogen-bond donors (Lipinski definition) is 0.